The summed E-state index contributed by atoms with van der Waals surface area (Å²) in [7, 11) is 0. The first-order chi connectivity index (χ1) is 15.5. The van der Waals surface area contributed by atoms with Crippen molar-refractivity contribution in [3.8, 4) is 11.3 Å². The first-order valence-corrected chi connectivity index (χ1v) is 11.4. The largest absolute Gasteiger partial charge is 0.393 e. The van der Waals surface area contributed by atoms with Crippen LogP contribution >= 0.6 is 0 Å². The number of nitrogens with two attached hydrogens (primary N) is 1. The number of aliphatic hydroxyl groups excluding tert-OH is 1. The van der Waals surface area contributed by atoms with Crippen molar-refractivity contribution in [2.75, 3.05) is 19.6 Å². The van der Waals surface area contributed by atoms with Crippen LogP contribution in [0, 0.1) is 5.41 Å². The molecule has 3 aromatic rings. The first-order valence-electron chi connectivity index (χ1n) is 11.4. The molecule has 0 bridgehead atoms. The van der Waals surface area contributed by atoms with Gasteiger partial charge in [-0.15, -0.1) is 0 Å². The Morgan fingerprint density at radius 1 is 1.06 bits per heavy atom. The highest BCUT2D eigenvalue weighted by atomic mass is 16.3. The van der Waals surface area contributed by atoms with Gasteiger partial charge in [-0.05, 0) is 50.4 Å². The molecule has 7 nitrogen and oxygen atoms in total. The number of hydrogen-bond donors (Lipinski definition) is 3. The SMILES string of the molecule is N=C(N)c1cccc(-c2nc3ccccc3n(CCCCCN3CCC(O)CC3)c2=O)c1. The summed E-state index contributed by atoms with van der Waals surface area (Å²) in [6.07, 6.45) is 4.64. The van der Waals surface area contributed by atoms with E-state index in [-0.39, 0.29) is 17.5 Å². The Balaban J connectivity index is 1.51. The van der Waals surface area contributed by atoms with E-state index in [1.54, 1.807) is 18.2 Å². The fourth-order valence-corrected chi connectivity index (χ4v) is 4.36. The van der Waals surface area contributed by atoms with E-state index in [1.807, 2.05) is 34.9 Å². The van der Waals surface area contributed by atoms with E-state index in [1.165, 1.54) is 0 Å². The maximum absolute atomic E-state index is 13.4. The van der Waals surface area contributed by atoms with Crippen molar-refractivity contribution < 1.29 is 5.11 Å². The zero-order valence-electron chi connectivity index (χ0n) is 18.3. The topological polar surface area (TPSA) is 108 Å². The van der Waals surface area contributed by atoms with E-state index in [9.17, 15) is 9.90 Å². The summed E-state index contributed by atoms with van der Waals surface area (Å²) >= 11 is 0. The molecule has 0 saturated carbocycles. The summed E-state index contributed by atoms with van der Waals surface area (Å²) in [4.78, 5) is 20.5. The predicted molar refractivity (Wildman–Crippen MR) is 128 cm³/mol. The van der Waals surface area contributed by atoms with Gasteiger partial charge in [-0.3, -0.25) is 10.2 Å². The monoisotopic (exact) mass is 433 g/mol. The van der Waals surface area contributed by atoms with E-state index in [2.05, 4.69) is 9.88 Å². The van der Waals surface area contributed by atoms with Gasteiger partial charge in [-0.1, -0.05) is 36.8 Å². The van der Waals surface area contributed by atoms with E-state index < -0.39 is 0 Å². The summed E-state index contributed by atoms with van der Waals surface area (Å²) in [6, 6.07) is 14.9. The molecule has 0 spiro atoms. The lowest BCUT2D eigenvalue weighted by molar-refractivity contribution is 0.0817. The molecule has 1 aliphatic rings. The molecule has 4 N–H and O–H groups in total. The number of para-hydroxylation sites is 2. The average molecular weight is 434 g/mol. The number of benzene rings is 2. The quantitative estimate of drug-likeness (QED) is 0.288. The van der Waals surface area contributed by atoms with Gasteiger partial charge in [0.25, 0.3) is 5.56 Å². The van der Waals surface area contributed by atoms with E-state index in [0.717, 1.165) is 62.8 Å². The van der Waals surface area contributed by atoms with Gasteiger partial charge in [0.1, 0.15) is 11.5 Å². The summed E-state index contributed by atoms with van der Waals surface area (Å²) in [5.74, 6) is -0.0313. The van der Waals surface area contributed by atoms with Crippen LogP contribution in [0.5, 0.6) is 0 Å². The molecule has 0 atom stereocenters. The lowest BCUT2D eigenvalue weighted by Gasteiger charge is -2.29. The fraction of sp³-hybridized carbons (Fsp3) is 0.400. The summed E-state index contributed by atoms with van der Waals surface area (Å²) < 4.78 is 1.83. The second kappa shape index (κ2) is 10.1. The zero-order valence-corrected chi connectivity index (χ0v) is 18.3. The summed E-state index contributed by atoms with van der Waals surface area (Å²) in [6.45, 7) is 3.62. The number of aryl methyl sites for hydroxylation is 1. The van der Waals surface area contributed by atoms with Crippen LogP contribution < -0.4 is 11.3 Å². The molecule has 0 radical (unpaired) electrons. The van der Waals surface area contributed by atoms with Crippen LogP contribution in [0.3, 0.4) is 0 Å². The second-order valence-corrected chi connectivity index (χ2v) is 8.53. The molecule has 1 saturated heterocycles. The van der Waals surface area contributed by atoms with Crippen LogP contribution in [-0.4, -0.2) is 51.1 Å². The highest BCUT2D eigenvalue weighted by Gasteiger charge is 2.16. The van der Waals surface area contributed by atoms with Crippen molar-refractivity contribution in [1.29, 1.82) is 5.41 Å². The third-order valence-electron chi connectivity index (χ3n) is 6.21. The minimum atomic E-state index is -0.136. The normalized spacial score (nSPS) is 15.3. The van der Waals surface area contributed by atoms with Crippen molar-refractivity contribution in [2.45, 2.75) is 44.8 Å². The van der Waals surface area contributed by atoms with E-state index >= 15 is 0 Å². The molecule has 0 unspecified atom stereocenters. The predicted octanol–water partition coefficient (Wildman–Crippen LogP) is 2.97. The number of hydrogen-bond acceptors (Lipinski definition) is 5. The second-order valence-electron chi connectivity index (χ2n) is 8.53. The summed E-state index contributed by atoms with van der Waals surface area (Å²) in [5.41, 5.74) is 8.78. The van der Waals surface area contributed by atoms with E-state index in [0.29, 0.717) is 23.4 Å². The molecular weight excluding hydrogens is 402 g/mol. The number of aromatic nitrogens is 2. The van der Waals surface area contributed by atoms with Crippen molar-refractivity contribution in [3.63, 3.8) is 0 Å². The Labute approximate surface area is 188 Å². The Morgan fingerprint density at radius 2 is 1.81 bits per heavy atom. The number of nitrogens with zero attached hydrogens (tertiary/aromatic N) is 3. The Morgan fingerprint density at radius 3 is 2.59 bits per heavy atom. The van der Waals surface area contributed by atoms with Gasteiger partial charge in [0.2, 0.25) is 0 Å². The van der Waals surface area contributed by atoms with Crippen molar-refractivity contribution in [1.82, 2.24) is 14.5 Å². The number of nitrogen functional groups attached to an aromatic ring is 1. The molecular formula is C25H31N5O2. The number of nitrogens with one attached hydrogen (secondary N) is 1. The van der Waals surface area contributed by atoms with Crippen LogP contribution in [0.2, 0.25) is 0 Å². The molecule has 0 amide bonds. The molecule has 2 aromatic carbocycles. The zero-order chi connectivity index (χ0) is 22.5. The van der Waals surface area contributed by atoms with Crippen LogP contribution in [0.4, 0.5) is 0 Å². The molecule has 1 aliphatic heterocycles. The Bertz CT molecular complexity index is 1150. The van der Waals surface area contributed by atoms with Crippen molar-refractivity contribution in [2.24, 2.45) is 5.73 Å². The van der Waals surface area contributed by atoms with Crippen LogP contribution in [-0.2, 0) is 6.54 Å². The molecule has 0 aliphatic carbocycles. The van der Waals surface area contributed by atoms with Crippen LogP contribution in [0.15, 0.2) is 53.3 Å². The van der Waals surface area contributed by atoms with Crippen LogP contribution in [0.25, 0.3) is 22.3 Å². The standard InChI is InChI=1S/C25H31N5O2/c26-24(27)19-8-6-7-18(17-19)23-25(32)30(22-10-3-2-9-21(22)28-23)14-5-1-4-13-29-15-11-20(31)12-16-29/h2-3,6-10,17,20,31H,1,4-5,11-16H2,(H3,26,27). The molecule has 2 heterocycles. The van der Waals surface area contributed by atoms with Gasteiger partial charge in [-0.25, -0.2) is 4.98 Å². The smallest absolute Gasteiger partial charge is 0.277 e. The number of piperidine rings is 1. The summed E-state index contributed by atoms with van der Waals surface area (Å²) in [5, 5.41) is 17.3. The molecule has 168 valence electrons. The van der Waals surface area contributed by atoms with Gasteiger partial charge in [0.15, 0.2) is 0 Å². The molecule has 7 heteroatoms. The van der Waals surface area contributed by atoms with Gasteiger partial charge >= 0.3 is 0 Å². The minimum Gasteiger partial charge on any atom is -0.393 e. The van der Waals surface area contributed by atoms with Gasteiger partial charge in [0, 0.05) is 30.8 Å². The maximum atomic E-state index is 13.4. The lowest BCUT2D eigenvalue weighted by Crippen LogP contribution is -2.36. The lowest BCUT2D eigenvalue weighted by atomic mass is 10.1. The fourth-order valence-electron chi connectivity index (χ4n) is 4.36. The highest BCUT2D eigenvalue weighted by Crippen LogP contribution is 2.19. The number of aliphatic hydroxyl groups is 1. The highest BCUT2D eigenvalue weighted by molar-refractivity contribution is 5.96. The molecule has 32 heavy (non-hydrogen) atoms. The molecule has 1 fully saturated rings. The van der Waals surface area contributed by atoms with Gasteiger partial charge < -0.3 is 20.3 Å². The Kier molecular flexibility index (Phi) is 6.97. The van der Waals surface area contributed by atoms with Gasteiger partial charge in [-0.2, -0.15) is 0 Å². The maximum Gasteiger partial charge on any atom is 0.277 e. The first kappa shape index (κ1) is 22.2. The number of fused-ring (bicyclic) bond motifs is 1. The average Bonchev–Trinajstić information content (AvgIpc) is 2.81. The number of unbranched alkanes of at least 4 members (excludes halogenated alkanes) is 2. The molecule has 4 rings (SSSR count). The Hall–Kier alpha value is -3.03. The van der Waals surface area contributed by atoms with E-state index in [4.69, 9.17) is 11.1 Å². The number of likely N-dealkylation sites (tertiary alicyclic amines) is 1. The molecule has 1 aromatic heterocycles. The van der Waals surface area contributed by atoms with Gasteiger partial charge in [0.05, 0.1) is 17.1 Å². The number of amidine groups is 1. The minimum absolute atomic E-state index is 0.0313. The third kappa shape index (κ3) is 5.06. The van der Waals surface area contributed by atoms with Crippen molar-refractivity contribution >= 4 is 16.9 Å². The van der Waals surface area contributed by atoms with Crippen molar-refractivity contribution in [3.05, 3.63) is 64.4 Å². The van der Waals surface area contributed by atoms with Crippen LogP contribution in [0.1, 0.15) is 37.7 Å². The number of rotatable bonds is 8. The third-order valence-corrected chi connectivity index (χ3v) is 6.21.